The van der Waals surface area contributed by atoms with Crippen molar-refractivity contribution in [3.8, 4) is 11.8 Å². The first-order chi connectivity index (χ1) is 14.8. The van der Waals surface area contributed by atoms with Gasteiger partial charge in [0.15, 0.2) is 5.82 Å². The van der Waals surface area contributed by atoms with Crippen LogP contribution in [0.15, 0.2) is 47.2 Å². The maximum absolute atomic E-state index is 12.3. The Kier molecular flexibility index (Phi) is 6.85. The molecule has 5 N–H and O–H groups in total. The van der Waals surface area contributed by atoms with Crippen LogP contribution < -0.4 is 21.7 Å². The van der Waals surface area contributed by atoms with Gasteiger partial charge in [-0.15, -0.1) is 0 Å². The molecule has 9 nitrogen and oxygen atoms in total. The molecule has 0 radical (unpaired) electrons. The number of nitrogens with two attached hydrogens (primary N) is 1. The monoisotopic (exact) mass is 419 g/mol. The van der Waals surface area contributed by atoms with Crippen LogP contribution in [0.4, 0.5) is 22.2 Å². The zero-order valence-corrected chi connectivity index (χ0v) is 17.7. The number of benzene rings is 1. The molecule has 0 spiro atoms. The third-order valence-corrected chi connectivity index (χ3v) is 4.04. The number of rotatable bonds is 5. The number of amides is 2. The third kappa shape index (κ3) is 6.55. The van der Waals surface area contributed by atoms with E-state index in [-0.39, 0.29) is 5.41 Å². The summed E-state index contributed by atoms with van der Waals surface area (Å²) in [4.78, 5) is 20.6. The summed E-state index contributed by atoms with van der Waals surface area (Å²) in [5, 5.41) is 12.3. The van der Waals surface area contributed by atoms with Crippen molar-refractivity contribution in [1.82, 2.24) is 15.1 Å². The summed E-state index contributed by atoms with van der Waals surface area (Å²) >= 11 is 0. The summed E-state index contributed by atoms with van der Waals surface area (Å²) < 4.78 is 5.27. The number of aromatic nitrogens is 3. The quantitative estimate of drug-likeness (QED) is 0.467. The lowest BCUT2D eigenvalue weighted by Gasteiger charge is -2.12. The Balaban J connectivity index is 1.61. The molecule has 3 rings (SSSR count). The van der Waals surface area contributed by atoms with Gasteiger partial charge in [0, 0.05) is 48.2 Å². The largest absolute Gasteiger partial charge is 0.359 e. The van der Waals surface area contributed by atoms with Crippen molar-refractivity contribution in [3.05, 3.63) is 59.6 Å². The van der Waals surface area contributed by atoms with Gasteiger partial charge < -0.3 is 20.9 Å². The van der Waals surface area contributed by atoms with E-state index in [0.717, 1.165) is 5.56 Å². The van der Waals surface area contributed by atoms with Crippen LogP contribution in [0.25, 0.3) is 0 Å². The molecule has 0 aliphatic rings. The summed E-state index contributed by atoms with van der Waals surface area (Å²) in [5.74, 6) is 7.59. The highest BCUT2D eigenvalue weighted by molar-refractivity contribution is 5.99. The Morgan fingerprint density at radius 2 is 1.84 bits per heavy atom. The number of anilines is 3. The van der Waals surface area contributed by atoms with E-state index < -0.39 is 6.03 Å². The van der Waals surface area contributed by atoms with Crippen LogP contribution in [0.3, 0.4) is 0 Å². The SMILES string of the molecule is CC(C)(C)c1cc(NC(=O)Nc2cccc(C#Cc3cnc(NCCN)nc3)c2)no1. The first-order valence-electron chi connectivity index (χ1n) is 9.77. The zero-order chi connectivity index (χ0) is 22.3. The van der Waals surface area contributed by atoms with Gasteiger partial charge in [-0.05, 0) is 18.2 Å². The minimum absolute atomic E-state index is 0.192. The highest BCUT2D eigenvalue weighted by atomic mass is 16.5. The fourth-order valence-electron chi connectivity index (χ4n) is 2.45. The van der Waals surface area contributed by atoms with Gasteiger partial charge in [-0.3, -0.25) is 5.32 Å². The molecule has 0 unspecified atom stereocenters. The predicted molar refractivity (Wildman–Crippen MR) is 120 cm³/mol. The number of hydrogen-bond acceptors (Lipinski definition) is 7. The van der Waals surface area contributed by atoms with E-state index in [1.54, 1.807) is 30.6 Å². The van der Waals surface area contributed by atoms with Crippen molar-refractivity contribution >= 4 is 23.5 Å². The normalized spacial score (nSPS) is 10.7. The third-order valence-electron chi connectivity index (χ3n) is 4.04. The van der Waals surface area contributed by atoms with Crippen molar-refractivity contribution in [1.29, 1.82) is 0 Å². The molecule has 2 amide bonds. The highest BCUT2D eigenvalue weighted by Crippen LogP contribution is 2.24. The molecule has 0 aliphatic heterocycles. The first-order valence-corrected chi connectivity index (χ1v) is 9.77. The maximum Gasteiger partial charge on any atom is 0.324 e. The van der Waals surface area contributed by atoms with Crippen LogP contribution >= 0.6 is 0 Å². The molecule has 9 heteroatoms. The smallest absolute Gasteiger partial charge is 0.324 e. The summed E-state index contributed by atoms with van der Waals surface area (Å²) in [6, 6.07) is 8.49. The lowest BCUT2D eigenvalue weighted by Crippen LogP contribution is -2.19. The number of nitrogens with one attached hydrogen (secondary N) is 3. The molecule has 0 saturated carbocycles. The van der Waals surface area contributed by atoms with E-state index in [1.807, 2.05) is 32.9 Å². The molecule has 0 fully saturated rings. The molecule has 0 aliphatic carbocycles. The van der Waals surface area contributed by atoms with E-state index in [9.17, 15) is 4.79 Å². The molecule has 0 bridgehead atoms. The lowest BCUT2D eigenvalue weighted by molar-refractivity contribution is 0.262. The second-order valence-electron chi connectivity index (χ2n) is 7.75. The minimum Gasteiger partial charge on any atom is -0.359 e. The van der Waals surface area contributed by atoms with Crippen LogP contribution in [-0.2, 0) is 5.41 Å². The number of nitrogens with zero attached hydrogens (tertiary/aromatic N) is 3. The number of urea groups is 1. The molecule has 31 heavy (non-hydrogen) atoms. The fourth-order valence-corrected chi connectivity index (χ4v) is 2.45. The topological polar surface area (TPSA) is 131 Å². The van der Waals surface area contributed by atoms with Gasteiger partial charge in [-0.2, -0.15) is 0 Å². The molecule has 2 heterocycles. The summed E-state index contributed by atoms with van der Waals surface area (Å²) in [6.45, 7) is 7.12. The standard InChI is InChI=1S/C22H25N7O2/c1-22(2,3)18-12-19(29-31-18)28-21(30)27-17-6-4-5-15(11-17)7-8-16-13-25-20(26-14-16)24-10-9-23/h4-6,11-14H,9-10,23H2,1-3H3,(H,24,25,26)(H2,27,28,29,30). The van der Waals surface area contributed by atoms with Gasteiger partial charge in [0.2, 0.25) is 5.95 Å². The highest BCUT2D eigenvalue weighted by Gasteiger charge is 2.20. The van der Waals surface area contributed by atoms with Crippen LogP contribution in [0.5, 0.6) is 0 Å². The summed E-state index contributed by atoms with van der Waals surface area (Å²) in [6.07, 6.45) is 3.27. The predicted octanol–water partition coefficient (Wildman–Crippen LogP) is 3.18. The first kappa shape index (κ1) is 21.8. The lowest BCUT2D eigenvalue weighted by atomic mass is 9.93. The van der Waals surface area contributed by atoms with Crippen molar-refractivity contribution in [2.45, 2.75) is 26.2 Å². The fraction of sp³-hybridized carbons (Fsp3) is 0.273. The molecule has 160 valence electrons. The molecule has 3 aromatic rings. The second-order valence-corrected chi connectivity index (χ2v) is 7.75. The van der Waals surface area contributed by atoms with E-state index in [1.165, 1.54) is 0 Å². The van der Waals surface area contributed by atoms with E-state index >= 15 is 0 Å². The average molecular weight is 419 g/mol. The maximum atomic E-state index is 12.3. The van der Waals surface area contributed by atoms with Crippen LogP contribution in [-0.4, -0.2) is 34.2 Å². The Morgan fingerprint density at radius 3 is 2.52 bits per heavy atom. The van der Waals surface area contributed by atoms with Gasteiger partial charge >= 0.3 is 6.03 Å². The van der Waals surface area contributed by atoms with Gasteiger partial charge in [0.05, 0.1) is 5.56 Å². The van der Waals surface area contributed by atoms with Crippen LogP contribution in [0, 0.1) is 11.8 Å². The van der Waals surface area contributed by atoms with Crippen molar-refractivity contribution in [3.63, 3.8) is 0 Å². The average Bonchev–Trinajstić information content (AvgIpc) is 3.20. The second kappa shape index (κ2) is 9.73. The molecule has 0 saturated heterocycles. The number of carbonyl (C=O) groups excluding carboxylic acids is 1. The Bertz CT molecular complexity index is 1090. The van der Waals surface area contributed by atoms with Crippen molar-refractivity contribution in [2.75, 3.05) is 29.0 Å². The van der Waals surface area contributed by atoms with Gasteiger partial charge in [-0.25, -0.2) is 14.8 Å². The Morgan fingerprint density at radius 1 is 1.10 bits per heavy atom. The molecular formula is C22H25N7O2. The van der Waals surface area contributed by atoms with Gasteiger partial charge in [0.25, 0.3) is 0 Å². The zero-order valence-electron chi connectivity index (χ0n) is 17.7. The number of carbonyl (C=O) groups is 1. The molecule has 1 aromatic carbocycles. The molecular weight excluding hydrogens is 394 g/mol. The van der Waals surface area contributed by atoms with E-state index in [4.69, 9.17) is 10.3 Å². The summed E-state index contributed by atoms with van der Waals surface area (Å²) in [5.41, 5.74) is 7.26. The van der Waals surface area contributed by atoms with Crippen LogP contribution in [0.1, 0.15) is 37.7 Å². The molecule has 2 aromatic heterocycles. The van der Waals surface area contributed by atoms with Crippen molar-refractivity contribution in [2.24, 2.45) is 5.73 Å². The minimum atomic E-state index is -0.423. The van der Waals surface area contributed by atoms with E-state index in [0.29, 0.717) is 41.9 Å². The van der Waals surface area contributed by atoms with E-state index in [2.05, 4.69) is 42.9 Å². The van der Waals surface area contributed by atoms with Gasteiger partial charge in [-0.1, -0.05) is 43.8 Å². The summed E-state index contributed by atoms with van der Waals surface area (Å²) in [7, 11) is 0. The van der Waals surface area contributed by atoms with Crippen molar-refractivity contribution < 1.29 is 9.32 Å². The van der Waals surface area contributed by atoms with Crippen LogP contribution in [0.2, 0.25) is 0 Å². The Hall–Kier alpha value is -3.90. The molecule has 0 atom stereocenters. The number of hydrogen-bond donors (Lipinski definition) is 4. The van der Waals surface area contributed by atoms with Gasteiger partial charge in [0.1, 0.15) is 5.76 Å². The Labute approximate surface area is 180 Å².